The SMILES string of the molecule is O=c1n(Cc2ccccc2)c2cc(Cl)ccc2n1C1CCN(CCCC(c2ccc(F)cc2)c2ccc(F)cc2)CC1. The maximum Gasteiger partial charge on any atom is 0.329 e. The Bertz CT molecular complexity index is 1640. The van der Waals surface area contributed by atoms with Crippen molar-refractivity contribution < 1.29 is 8.78 Å². The number of imidazole rings is 1. The topological polar surface area (TPSA) is 30.2 Å². The van der Waals surface area contributed by atoms with Crippen LogP contribution in [0.5, 0.6) is 0 Å². The first-order valence-corrected chi connectivity index (χ1v) is 15.0. The van der Waals surface area contributed by atoms with Crippen LogP contribution in [0.2, 0.25) is 5.02 Å². The van der Waals surface area contributed by atoms with Crippen molar-refractivity contribution in [1.29, 1.82) is 0 Å². The van der Waals surface area contributed by atoms with Gasteiger partial charge in [-0.3, -0.25) is 9.13 Å². The van der Waals surface area contributed by atoms with Gasteiger partial charge in [0.2, 0.25) is 0 Å². The molecule has 5 aromatic rings. The van der Waals surface area contributed by atoms with Crippen molar-refractivity contribution in [3.8, 4) is 0 Å². The molecule has 7 heteroatoms. The van der Waals surface area contributed by atoms with Crippen LogP contribution in [0.1, 0.15) is 54.3 Å². The lowest BCUT2D eigenvalue weighted by Crippen LogP contribution is -2.38. The third-order valence-electron chi connectivity index (χ3n) is 8.54. The minimum absolute atomic E-state index is 0.0102. The van der Waals surface area contributed by atoms with E-state index in [1.807, 2.05) is 81.9 Å². The molecule has 4 nitrogen and oxygen atoms in total. The van der Waals surface area contributed by atoms with Crippen molar-refractivity contribution in [3.05, 3.63) is 141 Å². The first kappa shape index (κ1) is 28.4. The van der Waals surface area contributed by atoms with Gasteiger partial charge in [0.05, 0.1) is 17.6 Å². The Balaban J connectivity index is 1.13. The highest BCUT2D eigenvalue weighted by atomic mass is 35.5. The number of fused-ring (bicyclic) bond motifs is 1. The van der Waals surface area contributed by atoms with Crippen molar-refractivity contribution in [2.45, 2.75) is 44.2 Å². The lowest BCUT2D eigenvalue weighted by molar-refractivity contribution is 0.183. The monoisotopic (exact) mass is 585 g/mol. The van der Waals surface area contributed by atoms with E-state index >= 15 is 0 Å². The fraction of sp³-hybridized carbons (Fsp3) is 0.286. The highest BCUT2D eigenvalue weighted by molar-refractivity contribution is 6.31. The average Bonchev–Trinajstić information content (AvgIpc) is 3.27. The smallest absolute Gasteiger partial charge is 0.303 e. The molecule has 216 valence electrons. The summed E-state index contributed by atoms with van der Waals surface area (Å²) in [6.07, 6.45) is 3.63. The molecule has 6 rings (SSSR count). The summed E-state index contributed by atoms with van der Waals surface area (Å²) in [5.74, 6) is -0.445. The van der Waals surface area contributed by atoms with Crippen molar-refractivity contribution in [1.82, 2.24) is 14.0 Å². The van der Waals surface area contributed by atoms with Gasteiger partial charge in [-0.05, 0) is 91.4 Å². The van der Waals surface area contributed by atoms with Crippen molar-refractivity contribution >= 4 is 22.6 Å². The van der Waals surface area contributed by atoms with Crippen LogP contribution in [0.25, 0.3) is 11.0 Å². The highest BCUT2D eigenvalue weighted by Crippen LogP contribution is 2.31. The van der Waals surface area contributed by atoms with Gasteiger partial charge >= 0.3 is 5.69 Å². The molecule has 0 amide bonds. The minimum Gasteiger partial charge on any atom is -0.303 e. The number of halogens is 3. The van der Waals surface area contributed by atoms with Gasteiger partial charge in [0.15, 0.2) is 0 Å². The summed E-state index contributed by atoms with van der Waals surface area (Å²) in [7, 11) is 0. The van der Waals surface area contributed by atoms with Crippen molar-refractivity contribution in [2.75, 3.05) is 19.6 Å². The van der Waals surface area contributed by atoms with E-state index in [2.05, 4.69) is 4.90 Å². The van der Waals surface area contributed by atoms with Crippen LogP contribution < -0.4 is 5.69 Å². The summed E-state index contributed by atoms with van der Waals surface area (Å²) in [5.41, 5.74) is 4.96. The van der Waals surface area contributed by atoms with Gasteiger partial charge in [0, 0.05) is 30.1 Å². The second-order valence-electron chi connectivity index (χ2n) is 11.2. The van der Waals surface area contributed by atoms with Gasteiger partial charge in [-0.15, -0.1) is 0 Å². The zero-order valence-electron chi connectivity index (χ0n) is 23.4. The van der Waals surface area contributed by atoms with Crippen LogP contribution in [-0.4, -0.2) is 33.7 Å². The Hall–Kier alpha value is -3.74. The van der Waals surface area contributed by atoms with Gasteiger partial charge in [-0.1, -0.05) is 66.2 Å². The minimum atomic E-state index is -0.259. The Morgan fingerprint density at radius 2 is 1.40 bits per heavy atom. The number of benzene rings is 4. The van der Waals surface area contributed by atoms with Crippen LogP contribution in [0.15, 0.2) is 102 Å². The van der Waals surface area contributed by atoms with Crippen molar-refractivity contribution in [2.24, 2.45) is 0 Å². The predicted octanol–water partition coefficient (Wildman–Crippen LogP) is 8.03. The number of rotatable bonds is 9. The zero-order valence-corrected chi connectivity index (χ0v) is 24.2. The molecule has 0 N–H and O–H groups in total. The van der Waals surface area contributed by atoms with E-state index < -0.39 is 0 Å². The molecule has 1 aliphatic rings. The van der Waals surface area contributed by atoms with Gasteiger partial charge in [0.25, 0.3) is 0 Å². The number of piperidine rings is 1. The Kier molecular flexibility index (Phi) is 8.54. The van der Waals surface area contributed by atoms with Crippen molar-refractivity contribution in [3.63, 3.8) is 0 Å². The maximum absolute atomic E-state index is 13.8. The summed E-state index contributed by atoms with van der Waals surface area (Å²) in [6, 6.07) is 29.2. The number of aromatic nitrogens is 2. The molecular formula is C35H34ClF2N3O. The molecule has 2 heterocycles. The molecule has 0 bridgehead atoms. The van der Waals surface area contributed by atoms with Gasteiger partial charge < -0.3 is 4.90 Å². The molecule has 1 aromatic heterocycles. The molecule has 1 fully saturated rings. The first-order valence-electron chi connectivity index (χ1n) is 14.6. The number of hydrogen-bond donors (Lipinski definition) is 0. The highest BCUT2D eigenvalue weighted by Gasteiger charge is 2.26. The molecule has 0 radical (unpaired) electrons. The lowest BCUT2D eigenvalue weighted by atomic mass is 9.87. The molecule has 0 aliphatic carbocycles. The summed E-state index contributed by atoms with van der Waals surface area (Å²) < 4.78 is 31.0. The summed E-state index contributed by atoms with van der Waals surface area (Å²) in [5, 5.41) is 0.621. The molecule has 0 atom stereocenters. The fourth-order valence-electron chi connectivity index (χ4n) is 6.36. The summed E-state index contributed by atoms with van der Waals surface area (Å²) >= 11 is 6.36. The Morgan fingerprint density at radius 3 is 2.02 bits per heavy atom. The van der Waals surface area contributed by atoms with Crippen LogP contribution in [-0.2, 0) is 6.54 Å². The second-order valence-corrected chi connectivity index (χ2v) is 11.7. The maximum atomic E-state index is 13.8. The van der Waals surface area contributed by atoms with Gasteiger partial charge in [-0.25, -0.2) is 13.6 Å². The van der Waals surface area contributed by atoms with E-state index in [9.17, 15) is 13.6 Å². The van der Waals surface area contributed by atoms with Crippen LogP contribution >= 0.6 is 11.6 Å². The fourth-order valence-corrected chi connectivity index (χ4v) is 6.53. The van der Waals surface area contributed by atoms with Crippen LogP contribution in [0.4, 0.5) is 8.78 Å². The molecule has 4 aromatic carbocycles. The van der Waals surface area contributed by atoms with Gasteiger partial charge in [-0.2, -0.15) is 0 Å². The third kappa shape index (κ3) is 6.20. The van der Waals surface area contributed by atoms with E-state index in [1.54, 1.807) is 0 Å². The standard InChI is InChI=1S/C35H34ClF2N3O/c36-28-12-17-33-34(23-28)40(24-25-5-2-1-3-6-25)35(42)41(33)31-18-21-39(22-19-31)20-4-7-32(26-8-13-29(37)14-9-26)27-10-15-30(38)16-11-27/h1-3,5-6,8-17,23,31-32H,4,7,18-22,24H2. The molecule has 0 saturated carbocycles. The molecular weight excluding hydrogens is 552 g/mol. The number of likely N-dealkylation sites (tertiary alicyclic amines) is 1. The van der Waals surface area contributed by atoms with Crippen LogP contribution in [0.3, 0.4) is 0 Å². The molecule has 1 saturated heterocycles. The normalized spacial score (nSPS) is 14.7. The first-order chi connectivity index (χ1) is 20.5. The quantitative estimate of drug-likeness (QED) is 0.175. The van der Waals surface area contributed by atoms with Gasteiger partial charge in [0.1, 0.15) is 11.6 Å². The summed E-state index contributed by atoms with van der Waals surface area (Å²) in [6.45, 7) is 3.26. The number of nitrogens with zero attached hydrogens (tertiary/aromatic N) is 3. The van der Waals surface area contributed by atoms with E-state index in [0.29, 0.717) is 11.6 Å². The second kappa shape index (κ2) is 12.6. The molecule has 1 aliphatic heterocycles. The Labute approximate surface area is 249 Å². The van der Waals surface area contributed by atoms with E-state index in [1.165, 1.54) is 24.3 Å². The van der Waals surface area contributed by atoms with E-state index in [4.69, 9.17) is 11.6 Å². The Morgan fingerprint density at radius 1 is 0.786 bits per heavy atom. The third-order valence-corrected chi connectivity index (χ3v) is 8.78. The summed E-state index contributed by atoms with van der Waals surface area (Å²) in [4.78, 5) is 16.2. The molecule has 0 spiro atoms. The largest absolute Gasteiger partial charge is 0.329 e. The average molecular weight is 586 g/mol. The van der Waals surface area contributed by atoms with Crippen LogP contribution in [0, 0.1) is 11.6 Å². The molecule has 42 heavy (non-hydrogen) atoms. The zero-order chi connectivity index (χ0) is 29.1. The van der Waals surface area contributed by atoms with E-state index in [0.717, 1.165) is 73.0 Å². The predicted molar refractivity (Wildman–Crippen MR) is 165 cm³/mol. The van der Waals surface area contributed by atoms with E-state index in [-0.39, 0.29) is 29.3 Å². The molecule has 0 unspecified atom stereocenters. The number of hydrogen-bond acceptors (Lipinski definition) is 2. The lowest BCUT2D eigenvalue weighted by Gasteiger charge is -2.33.